The van der Waals surface area contributed by atoms with E-state index in [0.29, 0.717) is 10.8 Å². The number of nitrogens with zero attached hydrogens (tertiary/aromatic N) is 1. The second-order valence-corrected chi connectivity index (χ2v) is 6.16. The van der Waals surface area contributed by atoms with Gasteiger partial charge < -0.3 is 9.84 Å². The van der Waals surface area contributed by atoms with Crippen molar-refractivity contribution in [2.45, 2.75) is 6.61 Å². The predicted octanol–water partition coefficient (Wildman–Crippen LogP) is 2.69. The lowest BCUT2D eigenvalue weighted by Gasteiger charge is -2.10. The minimum atomic E-state index is -0.969. The number of nitrogens with one attached hydrogen (secondary N) is 1. The number of amides is 1. The van der Waals surface area contributed by atoms with Gasteiger partial charge in [-0.1, -0.05) is 24.3 Å². The van der Waals surface area contributed by atoms with Crippen LogP contribution >= 0.6 is 11.3 Å². The lowest BCUT2D eigenvalue weighted by atomic mass is 10.1. The van der Waals surface area contributed by atoms with Gasteiger partial charge in [0.2, 0.25) is 0 Å². The van der Waals surface area contributed by atoms with Crippen molar-refractivity contribution in [1.29, 1.82) is 0 Å². The number of carboxylic acid groups (broad SMARTS) is 1. The summed E-state index contributed by atoms with van der Waals surface area (Å²) in [7, 11) is 0. The van der Waals surface area contributed by atoms with Crippen LogP contribution in [0.1, 0.15) is 26.4 Å². The summed E-state index contributed by atoms with van der Waals surface area (Å²) in [4.78, 5) is 26.7. The Balaban J connectivity index is 1.78. The van der Waals surface area contributed by atoms with Gasteiger partial charge >= 0.3 is 5.97 Å². The molecule has 0 bridgehead atoms. The van der Waals surface area contributed by atoms with E-state index in [2.05, 4.69) is 10.4 Å². The van der Waals surface area contributed by atoms with Crippen molar-refractivity contribution in [3.63, 3.8) is 0 Å². The summed E-state index contributed by atoms with van der Waals surface area (Å²) in [6, 6.07) is 13.8. The molecule has 0 atom stereocenters. The van der Waals surface area contributed by atoms with Crippen LogP contribution in [0.3, 0.4) is 0 Å². The second kappa shape index (κ2) is 7.77. The normalized spacial score (nSPS) is 10.3. The summed E-state index contributed by atoms with van der Waals surface area (Å²) in [5, 5.41) is 11.2. The first-order valence-corrected chi connectivity index (χ1v) is 8.47. The fraction of sp³-hybridized carbons (Fsp3) is 0.0556. The minimum Gasteiger partial charge on any atom is -0.488 e. The fourth-order valence-corrected chi connectivity index (χ4v) is 3.08. The number of ether oxygens (including phenoxy) is 1. The van der Waals surface area contributed by atoms with Gasteiger partial charge in [0.15, 0.2) is 0 Å². The molecule has 3 aromatic rings. The fourth-order valence-electron chi connectivity index (χ4n) is 2.25. The van der Waals surface area contributed by atoms with Crippen molar-refractivity contribution in [2.75, 3.05) is 0 Å². The summed E-state index contributed by atoms with van der Waals surface area (Å²) >= 11 is 1.31. The van der Waals surface area contributed by atoms with Gasteiger partial charge in [-0.05, 0) is 29.8 Å². The second-order valence-electron chi connectivity index (χ2n) is 5.30. The van der Waals surface area contributed by atoms with Gasteiger partial charge in [-0.3, -0.25) is 10.2 Å². The van der Waals surface area contributed by atoms with E-state index in [-0.39, 0.29) is 17.9 Å². The molecule has 1 heterocycles. The zero-order valence-electron chi connectivity index (χ0n) is 13.5. The summed E-state index contributed by atoms with van der Waals surface area (Å²) in [6.07, 6.45) is 0. The number of thiazole rings is 1. The Kier molecular flexibility index (Phi) is 5.26. The number of nitrogens with two attached hydrogens (primary N) is 1. The van der Waals surface area contributed by atoms with Crippen LogP contribution in [0.25, 0.3) is 10.6 Å². The van der Waals surface area contributed by atoms with Crippen LogP contribution < -0.4 is 16.0 Å². The van der Waals surface area contributed by atoms with Crippen LogP contribution in [0.4, 0.5) is 0 Å². The van der Waals surface area contributed by atoms with E-state index >= 15 is 0 Å². The van der Waals surface area contributed by atoms with Crippen LogP contribution in [-0.2, 0) is 6.61 Å². The molecule has 7 nitrogen and oxygen atoms in total. The van der Waals surface area contributed by atoms with E-state index in [1.807, 2.05) is 24.3 Å². The summed E-state index contributed by atoms with van der Waals surface area (Å²) in [5.41, 5.74) is 4.12. The number of hydrogen-bond acceptors (Lipinski definition) is 6. The zero-order valence-corrected chi connectivity index (χ0v) is 14.3. The molecule has 1 aromatic heterocycles. The van der Waals surface area contributed by atoms with Gasteiger partial charge in [0, 0.05) is 5.38 Å². The Labute approximate surface area is 153 Å². The highest BCUT2D eigenvalue weighted by molar-refractivity contribution is 7.13. The van der Waals surface area contributed by atoms with E-state index < -0.39 is 11.9 Å². The number of carbonyl (C=O) groups is 2. The smallest absolute Gasteiger partial charge is 0.335 e. The standard InChI is InChI=1S/C18H15N3O4S/c19-21-16(22)14-10-26-17(20-14)13-3-1-2-4-15(13)25-9-11-5-7-12(8-6-11)18(23)24/h1-8,10H,9,19H2,(H,21,22)(H,23,24). The van der Waals surface area contributed by atoms with Crippen molar-refractivity contribution >= 4 is 23.2 Å². The molecule has 0 spiro atoms. The van der Waals surface area contributed by atoms with Gasteiger partial charge in [0.25, 0.3) is 5.91 Å². The number of hydrazine groups is 1. The average Bonchev–Trinajstić information content (AvgIpc) is 3.16. The maximum absolute atomic E-state index is 11.6. The molecule has 132 valence electrons. The highest BCUT2D eigenvalue weighted by Gasteiger charge is 2.14. The first-order valence-electron chi connectivity index (χ1n) is 7.59. The first-order chi connectivity index (χ1) is 12.6. The van der Waals surface area contributed by atoms with Gasteiger partial charge in [0.05, 0.1) is 11.1 Å². The van der Waals surface area contributed by atoms with Crippen LogP contribution in [0.2, 0.25) is 0 Å². The number of benzene rings is 2. The van der Waals surface area contributed by atoms with Crippen LogP contribution in [0, 0.1) is 0 Å². The molecule has 4 N–H and O–H groups in total. The number of hydrogen-bond donors (Lipinski definition) is 3. The van der Waals surface area contributed by atoms with E-state index in [4.69, 9.17) is 15.7 Å². The highest BCUT2D eigenvalue weighted by atomic mass is 32.1. The van der Waals surface area contributed by atoms with Crippen LogP contribution in [-0.4, -0.2) is 22.0 Å². The number of aromatic nitrogens is 1. The van der Waals surface area contributed by atoms with Crippen molar-refractivity contribution < 1.29 is 19.4 Å². The lowest BCUT2D eigenvalue weighted by Crippen LogP contribution is -2.30. The predicted molar refractivity (Wildman–Crippen MR) is 96.9 cm³/mol. The van der Waals surface area contributed by atoms with E-state index in [1.165, 1.54) is 23.5 Å². The quantitative estimate of drug-likeness (QED) is 0.350. The number of carbonyl (C=O) groups excluding carboxylic acids is 1. The third-order valence-electron chi connectivity index (χ3n) is 3.58. The van der Waals surface area contributed by atoms with Crippen molar-refractivity contribution in [1.82, 2.24) is 10.4 Å². The Bertz CT molecular complexity index is 938. The number of carboxylic acids is 1. The maximum Gasteiger partial charge on any atom is 0.335 e. The SMILES string of the molecule is NNC(=O)c1csc(-c2ccccc2OCc2ccc(C(=O)O)cc2)n1. The lowest BCUT2D eigenvalue weighted by molar-refractivity contribution is 0.0696. The van der Waals surface area contributed by atoms with Gasteiger partial charge in [-0.2, -0.15) is 0 Å². The van der Waals surface area contributed by atoms with E-state index in [1.54, 1.807) is 17.5 Å². The summed E-state index contributed by atoms with van der Waals surface area (Å²) in [5.74, 6) is 4.32. The maximum atomic E-state index is 11.6. The molecule has 26 heavy (non-hydrogen) atoms. The molecule has 0 aliphatic rings. The molecule has 0 aliphatic carbocycles. The van der Waals surface area contributed by atoms with Crippen molar-refractivity contribution in [2.24, 2.45) is 5.84 Å². The number of rotatable bonds is 6. The molecular formula is C18H15N3O4S. The Morgan fingerprint density at radius 2 is 1.88 bits per heavy atom. The largest absolute Gasteiger partial charge is 0.488 e. The molecule has 0 saturated heterocycles. The third-order valence-corrected chi connectivity index (χ3v) is 4.46. The van der Waals surface area contributed by atoms with Crippen molar-refractivity contribution in [3.8, 4) is 16.3 Å². The average molecular weight is 369 g/mol. The molecule has 0 unspecified atom stereocenters. The Hall–Kier alpha value is -3.23. The first kappa shape index (κ1) is 17.6. The van der Waals surface area contributed by atoms with Gasteiger partial charge in [0.1, 0.15) is 23.1 Å². The minimum absolute atomic E-state index is 0.225. The molecule has 2 aromatic carbocycles. The summed E-state index contributed by atoms with van der Waals surface area (Å²) in [6.45, 7) is 0.276. The molecular weight excluding hydrogens is 354 g/mol. The molecule has 0 aliphatic heterocycles. The highest BCUT2D eigenvalue weighted by Crippen LogP contribution is 2.32. The van der Waals surface area contributed by atoms with Crippen LogP contribution in [0.5, 0.6) is 5.75 Å². The molecule has 8 heteroatoms. The number of nitrogen functional groups attached to an aromatic ring is 1. The van der Waals surface area contributed by atoms with Gasteiger partial charge in [-0.25, -0.2) is 15.6 Å². The van der Waals surface area contributed by atoms with E-state index in [9.17, 15) is 9.59 Å². The topological polar surface area (TPSA) is 115 Å². The molecule has 1 amide bonds. The monoisotopic (exact) mass is 369 g/mol. The Morgan fingerprint density at radius 3 is 2.58 bits per heavy atom. The Morgan fingerprint density at radius 1 is 1.15 bits per heavy atom. The zero-order chi connectivity index (χ0) is 18.5. The van der Waals surface area contributed by atoms with Crippen LogP contribution in [0.15, 0.2) is 53.9 Å². The molecule has 0 fully saturated rings. The number of para-hydroxylation sites is 1. The van der Waals surface area contributed by atoms with E-state index in [0.717, 1.165) is 11.1 Å². The number of aromatic carboxylic acids is 1. The summed E-state index contributed by atoms with van der Waals surface area (Å²) < 4.78 is 5.87. The molecule has 0 radical (unpaired) electrons. The molecule has 0 saturated carbocycles. The van der Waals surface area contributed by atoms with Crippen molar-refractivity contribution in [3.05, 3.63) is 70.7 Å². The third kappa shape index (κ3) is 3.88. The van der Waals surface area contributed by atoms with Gasteiger partial charge in [-0.15, -0.1) is 11.3 Å². The molecule has 3 rings (SSSR count).